The van der Waals surface area contributed by atoms with Gasteiger partial charge in [0, 0.05) is 62.3 Å². The Hall–Kier alpha value is -2.60. The van der Waals surface area contributed by atoms with Crippen LogP contribution in [-0.4, -0.2) is 55.8 Å². The predicted molar refractivity (Wildman–Crippen MR) is 139 cm³/mol. The second-order valence-electron chi connectivity index (χ2n) is 10.8. The highest BCUT2D eigenvalue weighted by Gasteiger charge is 2.26. The number of amides is 1. The van der Waals surface area contributed by atoms with E-state index < -0.39 is 0 Å². The van der Waals surface area contributed by atoms with Crippen molar-refractivity contribution in [2.24, 2.45) is 5.41 Å². The van der Waals surface area contributed by atoms with Crippen LogP contribution in [0.5, 0.6) is 0 Å². The first-order valence-corrected chi connectivity index (χ1v) is 12.5. The summed E-state index contributed by atoms with van der Waals surface area (Å²) in [5.41, 5.74) is 6.43. The second kappa shape index (κ2) is 11.7. The molecule has 0 radical (unpaired) electrons. The fourth-order valence-electron chi connectivity index (χ4n) is 4.84. The van der Waals surface area contributed by atoms with Crippen LogP contribution in [0, 0.1) is 19.3 Å². The molecule has 1 aromatic heterocycles. The average Bonchev–Trinajstić information content (AvgIpc) is 2.79. The van der Waals surface area contributed by atoms with Gasteiger partial charge in [-0.25, -0.2) is 4.79 Å². The topological polar surface area (TPSA) is 57.7 Å². The van der Waals surface area contributed by atoms with E-state index in [1.807, 2.05) is 0 Å². The van der Waals surface area contributed by atoms with Gasteiger partial charge in [0.1, 0.15) is 0 Å². The number of carbonyl (C=O) groups is 1. The highest BCUT2D eigenvalue weighted by molar-refractivity contribution is 5.66. The summed E-state index contributed by atoms with van der Waals surface area (Å²) in [5.74, 6) is 0.473. The molecule has 3 rings (SSSR count). The number of methoxy groups -OCH3 is 1. The van der Waals surface area contributed by atoms with E-state index in [-0.39, 0.29) is 11.5 Å². The Kier molecular flexibility index (Phi) is 8.95. The number of alkyl carbamates (subject to hydrolysis) is 1. The molecule has 1 aliphatic rings. The number of hydrogen-bond acceptors (Lipinski definition) is 5. The maximum Gasteiger partial charge on any atom is 0.406 e. The third-order valence-corrected chi connectivity index (χ3v) is 6.37. The molecule has 2 aromatic rings. The van der Waals surface area contributed by atoms with Gasteiger partial charge < -0.3 is 15.0 Å². The van der Waals surface area contributed by atoms with Crippen molar-refractivity contribution >= 4 is 11.8 Å². The minimum Gasteiger partial charge on any atom is -0.453 e. The Morgan fingerprint density at radius 1 is 1.18 bits per heavy atom. The monoisotopic (exact) mass is 466 g/mol. The third-order valence-electron chi connectivity index (χ3n) is 6.37. The van der Waals surface area contributed by atoms with E-state index in [1.54, 1.807) is 0 Å². The van der Waals surface area contributed by atoms with Crippen LogP contribution in [0.2, 0.25) is 0 Å². The summed E-state index contributed by atoms with van der Waals surface area (Å²) in [5, 5.41) is 2.82. The van der Waals surface area contributed by atoms with E-state index in [4.69, 9.17) is 9.72 Å². The standard InChI is InChI=1S/C28H42N4O2/c1-21-8-7-9-25(18-21)32-15-12-23(13-16-32)26-24(11-10-22(2)30-26)19-31(20-28(3,4)5)17-14-29-27(33)34-6/h7-11,18,23H,12-17,19-20H2,1-6H3,(H,29,33). The molecule has 6 heteroatoms. The Morgan fingerprint density at radius 3 is 2.56 bits per heavy atom. The summed E-state index contributed by atoms with van der Waals surface area (Å²) in [6.07, 6.45) is 1.84. The smallest absolute Gasteiger partial charge is 0.406 e. The molecule has 0 bridgehead atoms. The van der Waals surface area contributed by atoms with E-state index in [9.17, 15) is 4.79 Å². The van der Waals surface area contributed by atoms with Crippen molar-refractivity contribution in [3.05, 3.63) is 58.9 Å². The van der Waals surface area contributed by atoms with Crippen molar-refractivity contribution < 1.29 is 9.53 Å². The highest BCUT2D eigenvalue weighted by Crippen LogP contribution is 2.32. The molecule has 0 aliphatic carbocycles. The zero-order valence-electron chi connectivity index (χ0n) is 21.9. The Balaban J connectivity index is 1.72. The molecule has 0 atom stereocenters. The number of anilines is 1. The van der Waals surface area contributed by atoms with E-state index in [0.717, 1.165) is 51.3 Å². The van der Waals surface area contributed by atoms with Crippen molar-refractivity contribution in [1.82, 2.24) is 15.2 Å². The molecule has 0 spiro atoms. The number of piperidine rings is 1. The zero-order valence-corrected chi connectivity index (χ0v) is 21.9. The first kappa shape index (κ1) is 26.0. The molecule has 1 aliphatic heterocycles. The summed E-state index contributed by atoms with van der Waals surface area (Å²) < 4.78 is 4.73. The van der Waals surface area contributed by atoms with Gasteiger partial charge in [-0.2, -0.15) is 0 Å². The van der Waals surface area contributed by atoms with Crippen LogP contribution >= 0.6 is 0 Å². The molecule has 1 amide bonds. The summed E-state index contributed by atoms with van der Waals surface area (Å²) in [6, 6.07) is 13.2. The number of ether oxygens (including phenoxy) is 1. The average molecular weight is 467 g/mol. The Morgan fingerprint density at radius 2 is 1.91 bits per heavy atom. The number of carbonyl (C=O) groups excluding carboxylic acids is 1. The van der Waals surface area contributed by atoms with Crippen LogP contribution in [0.25, 0.3) is 0 Å². The van der Waals surface area contributed by atoms with Gasteiger partial charge in [0.05, 0.1) is 7.11 Å². The van der Waals surface area contributed by atoms with Crippen molar-refractivity contribution in [3.8, 4) is 0 Å². The number of aromatic nitrogens is 1. The highest BCUT2D eigenvalue weighted by atomic mass is 16.5. The molecule has 1 N–H and O–H groups in total. The van der Waals surface area contributed by atoms with Crippen LogP contribution in [0.3, 0.4) is 0 Å². The van der Waals surface area contributed by atoms with Crippen LogP contribution < -0.4 is 10.2 Å². The minimum absolute atomic E-state index is 0.155. The van der Waals surface area contributed by atoms with E-state index in [1.165, 1.54) is 29.6 Å². The van der Waals surface area contributed by atoms with Gasteiger partial charge in [0.2, 0.25) is 0 Å². The largest absolute Gasteiger partial charge is 0.453 e. The zero-order chi connectivity index (χ0) is 24.7. The molecule has 1 saturated heterocycles. The molecule has 2 heterocycles. The van der Waals surface area contributed by atoms with Gasteiger partial charge in [-0.05, 0) is 61.4 Å². The SMILES string of the molecule is COC(=O)NCCN(Cc1ccc(C)nc1C1CCN(c2cccc(C)c2)CC1)CC(C)(C)C. The molecule has 1 fully saturated rings. The third kappa shape index (κ3) is 7.73. The quantitative estimate of drug-likeness (QED) is 0.573. The minimum atomic E-state index is -0.381. The van der Waals surface area contributed by atoms with Gasteiger partial charge in [-0.1, -0.05) is 39.0 Å². The number of aryl methyl sites for hydroxylation is 2. The lowest BCUT2D eigenvalue weighted by atomic mass is 9.89. The fourth-order valence-corrected chi connectivity index (χ4v) is 4.84. The number of rotatable bonds is 8. The summed E-state index contributed by atoms with van der Waals surface area (Å²) in [6.45, 7) is 16.2. The number of nitrogens with one attached hydrogen (secondary N) is 1. The first-order valence-electron chi connectivity index (χ1n) is 12.5. The fraction of sp³-hybridized carbons (Fsp3) is 0.571. The van der Waals surface area contributed by atoms with Crippen molar-refractivity contribution in [1.29, 1.82) is 0 Å². The molecule has 0 unspecified atom stereocenters. The summed E-state index contributed by atoms with van der Waals surface area (Å²) >= 11 is 0. The lowest BCUT2D eigenvalue weighted by Crippen LogP contribution is -2.39. The normalized spacial score (nSPS) is 15.0. The van der Waals surface area contributed by atoms with Crippen LogP contribution in [0.15, 0.2) is 36.4 Å². The molecular formula is C28H42N4O2. The molecule has 1 aromatic carbocycles. The van der Waals surface area contributed by atoms with Gasteiger partial charge in [-0.15, -0.1) is 0 Å². The molecule has 0 saturated carbocycles. The van der Waals surface area contributed by atoms with Crippen molar-refractivity contribution in [3.63, 3.8) is 0 Å². The first-order chi connectivity index (χ1) is 16.1. The van der Waals surface area contributed by atoms with Crippen molar-refractivity contribution in [2.45, 2.75) is 59.9 Å². The molecule has 34 heavy (non-hydrogen) atoms. The number of benzene rings is 1. The number of hydrogen-bond donors (Lipinski definition) is 1. The van der Waals surface area contributed by atoms with Gasteiger partial charge >= 0.3 is 6.09 Å². The Bertz CT molecular complexity index is 946. The van der Waals surface area contributed by atoms with E-state index in [0.29, 0.717) is 12.5 Å². The lowest BCUT2D eigenvalue weighted by molar-refractivity contribution is 0.161. The molecule has 6 nitrogen and oxygen atoms in total. The summed E-state index contributed by atoms with van der Waals surface area (Å²) in [4.78, 5) is 21.5. The predicted octanol–water partition coefficient (Wildman–Crippen LogP) is 5.29. The lowest BCUT2D eigenvalue weighted by Gasteiger charge is -2.35. The van der Waals surface area contributed by atoms with Crippen LogP contribution in [0.4, 0.5) is 10.5 Å². The number of pyridine rings is 1. The second-order valence-corrected chi connectivity index (χ2v) is 10.8. The van der Waals surface area contributed by atoms with Crippen LogP contribution in [-0.2, 0) is 11.3 Å². The maximum atomic E-state index is 11.5. The summed E-state index contributed by atoms with van der Waals surface area (Å²) in [7, 11) is 1.40. The van der Waals surface area contributed by atoms with Gasteiger partial charge in [-0.3, -0.25) is 9.88 Å². The molecular weight excluding hydrogens is 424 g/mol. The Labute approximate surface area is 205 Å². The van der Waals surface area contributed by atoms with Crippen molar-refractivity contribution in [2.75, 3.05) is 44.7 Å². The maximum absolute atomic E-state index is 11.5. The van der Waals surface area contributed by atoms with Gasteiger partial charge in [0.25, 0.3) is 0 Å². The van der Waals surface area contributed by atoms with Crippen LogP contribution in [0.1, 0.15) is 62.0 Å². The number of nitrogens with zero attached hydrogens (tertiary/aromatic N) is 3. The van der Waals surface area contributed by atoms with E-state index >= 15 is 0 Å². The van der Waals surface area contributed by atoms with Gasteiger partial charge in [0.15, 0.2) is 0 Å². The molecule has 186 valence electrons. The van der Waals surface area contributed by atoms with E-state index in [2.05, 4.69) is 86.1 Å².